The Labute approximate surface area is 212 Å². The predicted molar refractivity (Wildman–Crippen MR) is 146 cm³/mol. The molecule has 7 heteroatoms. The smallest absolute Gasteiger partial charge is 0.261 e. The van der Waals surface area contributed by atoms with E-state index < -0.39 is 8.32 Å². The Morgan fingerprint density at radius 3 is 2.09 bits per heavy atom. The number of fused-ring (bicyclic) bond motifs is 1. The van der Waals surface area contributed by atoms with Crippen molar-refractivity contribution < 1.29 is 4.43 Å². The number of hydrogen-bond acceptors (Lipinski definition) is 5. The third-order valence-electron chi connectivity index (χ3n) is 6.18. The van der Waals surface area contributed by atoms with Crippen molar-refractivity contribution in [2.24, 2.45) is 0 Å². The largest absolute Gasteiger partial charge is 0.407 e. The van der Waals surface area contributed by atoms with Crippen LogP contribution < -0.4 is 10.4 Å². The monoisotopic (exact) mass is 507 g/mol. The molecule has 176 valence electrons. The van der Waals surface area contributed by atoms with Gasteiger partial charge in [-0.05, 0) is 27.7 Å². The minimum Gasteiger partial charge on any atom is -0.407 e. The molecule has 0 saturated heterocycles. The number of halogens is 1. The molecular weight excluding hydrogens is 478 g/mol. The van der Waals surface area contributed by atoms with Gasteiger partial charge in [0.2, 0.25) is 0 Å². The SMILES string of the molecule is CSc1ncc2cc([C@H](C)CO[Si](c3ccccc3)(c3ccccc3)C(C)(C)C)nc(Cl)c2n1. The minimum atomic E-state index is -2.61. The summed E-state index contributed by atoms with van der Waals surface area (Å²) in [6, 6.07) is 23.4. The maximum atomic E-state index is 7.09. The van der Waals surface area contributed by atoms with Crippen molar-refractivity contribution in [3.8, 4) is 0 Å². The highest BCUT2D eigenvalue weighted by molar-refractivity contribution is 7.98. The van der Waals surface area contributed by atoms with Crippen molar-refractivity contribution in [2.75, 3.05) is 12.9 Å². The molecule has 4 aromatic rings. The van der Waals surface area contributed by atoms with Gasteiger partial charge >= 0.3 is 0 Å². The fourth-order valence-corrected chi connectivity index (χ4v) is 9.70. The summed E-state index contributed by atoms with van der Waals surface area (Å²) in [6.45, 7) is 9.53. The summed E-state index contributed by atoms with van der Waals surface area (Å²) in [4.78, 5) is 13.6. The summed E-state index contributed by atoms with van der Waals surface area (Å²) in [7, 11) is -2.61. The predicted octanol–water partition coefficient (Wildman–Crippen LogP) is 6.08. The summed E-state index contributed by atoms with van der Waals surface area (Å²) in [6.07, 6.45) is 3.77. The van der Waals surface area contributed by atoms with Gasteiger partial charge in [0.1, 0.15) is 5.52 Å². The Hall–Kier alpha value is -2.25. The number of nitrogens with zero attached hydrogens (tertiary/aromatic N) is 3. The molecule has 2 aromatic carbocycles. The van der Waals surface area contributed by atoms with E-state index >= 15 is 0 Å². The Kier molecular flexibility index (Phi) is 7.43. The molecule has 0 amide bonds. The maximum absolute atomic E-state index is 7.09. The van der Waals surface area contributed by atoms with E-state index in [0.29, 0.717) is 22.4 Å². The van der Waals surface area contributed by atoms with Crippen molar-refractivity contribution >= 4 is 53.0 Å². The number of rotatable bonds is 7. The number of pyridine rings is 1. The highest BCUT2D eigenvalue weighted by Gasteiger charge is 2.50. The van der Waals surface area contributed by atoms with Crippen molar-refractivity contribution in [3.05, 3.63) is 83.8 Å². The topological polar surface area (TPSA) is 47.9 Å². The summed E-state index contributed by atoms with van der Waals surface area (Å²) >= 11 is 8.03. The summed E-state index contributed by atoms with van der Waals surface area (Å²) < 4.78 is 7.09. The second-order valence-corrected chi connectivity index (χ2v) is 14.9. The van der Waals surface area contributed by atoms with Crippen molar-refractivity contribution in [1.29, 1.82) is 0 Å². The second kappa shape index (κ2) is 10.2. The zero-order valence-corrected chi connectivity index (χ0v) is 22.8. The first kappa shape index (κ1) is 24.9. The average Bonchev–Trinajstić information content (AvgIpc) is 2.84. The first-order valence-corrected chi connectivity index (χ1v) is 14.9. The lowest BCUT2D eigenvalue weighted by atomic mass is 10.1. The Morgan fingerprint density at radius 1 is 0.971 bits per heavy atom. The molecule has 2 aromatic heterocycles. The zero-order valence-electron chi connectivity index (χ0n) is 20.2. The molecule has 0 radical (unpaired) electrons. The lowest BCUT2D eigenvalue weighted by molar-refractivity contribution is 0.276. The van der Waals surface area contributed by atoms with E-state index in [4.69, 9.17) is 16.0 Å². The zero-order chi connectivity index (χ0) is 24.3. The minimum absolute atomic E-state index is 0.0452. The van der Waals surface area contributed by atoms with Gasteiger partial charge in [-0.3, -0.25) is 0 Å². The van der Waals surface area contributed by atoms with Crippen LogP contribution in [0.2, 0.25) is 10.2 Å². The van der Waals surface area contributed by atoms with E-state index in [1.54, 1.807) is 0 Å². The number of hydrogen-bond donors (Lipinski definition) is 0. The number of aromatic nitrogens is 3. The lowest BCUT2D eigenvalue weighted by Crippen LogP contribution is -2.66. The van der Waals surface area contributed by atoms with Gasteiger partial charge in [0.25, 0.3) is 8.32 Å². The molecule has 4 rings (SSSR count). The number of thioether (sulfide) groups is 1. The van der Waals surface area contributed by atoms with Crippen LogP contribution in [0.25, 0.3) is 10.9 Å². The van der Waals surface area contributed by atoms with Gasteiger partial charge in [0.15, 0.2) is 10.3 Å². The van der Waals surface area contributed by atoms with E-state index in [1.807, 2.05) is 18.5 Å². The fourth-order valence-electron chi connectivity index (χ4n) is 4.45. The van der Waals surface area contributed by atoms with Gasteiger partial charge in [0.05, 0.1) is 0 Å². The number of benzene rings is 2. The molecule has 0 aliphatic carbocycles. The Morgan fingerprint density at radius 2 is 1.56 bits per heavy atom. The van der Waals surface area contributed by atoms with E-state index in [2.05, 4.69) is 103 Å². The molecule has 0 unspecified atom stereocenters. The van der Waals surface area contributed by atoms with Gasteiger partial charge in [-0.15, -0.1) is 0 Å². The van der Waals surface area contributed by atoms with Crippen LogP contribution in [-0.4, -0.2) is 36.1 Å². The van der Waals surface area contributed by atoms with Crippen LogP contribution in [0.5, 0.6) is 0 Å². The molecule has 4 nitrogen and oxygen atoms in total. The van der Waals surface area contributed by atoms with Crippen molar-refractivity contribution in [2.45, 2.75) is 43.8 Å². The summed E-state index contributed by atoms with van der Waals surface area (Å²) in [5.41, 5.74) is 1.57. The quantitative estimate of drug-likeness (QED) is 0.131. The summed E-state index contributed by atoms with van der Waals surface area (Å²) in [5.74, 6) is 0.0452. The van der Waals surface area contributed by atoms with Crippen LogP contribution in [0, 0.1) is 0 Å². The van der Waals surface area contributed by atoms with Gasteiger partial charge in [-0.1, -0.05) is 112 Å². The molecule has 0 spiro atoms. The van der Waals surface area contributed by atoms with Gasteiger partial charge < -0.3 is 4.43 Å². The fraction of sp³-hybridized carbons (Fsp3) is 0.296. The van der Waals surface area contributed by atoms with E-state index in [-0.39, 0.29) is 11.0 Å². The lowest BCUT2D eigenvalue weighted by Gasteiger charge is -2.43. The van der Waals surface area contributed by atoms with Gasteiger partial charge in [-0.2, -0.15) is 0 Å². The molecule has 2 heterocycles. The van der Waals surface area contributed by atoms with Crippen LogP contribution in [-0.2, 0) is 4.43 Å². The molecule has 0 aliphatic rings. The Bertz CT molecular complexity index is 1230. The van der Waals surface area contributed by atoms with Crippen LogP contribution in [0.4, 0.5) is 0 Å². The average molecular weight is 508 g/mol. The molecule has 0 N–H and O–H groups in total. The molecular formula is C27H30ClN3OSSi. The molecule has 0 bridgehead atoms. The third kappa shape index (κ3) is 4.78. The first-order valence-electron chi connectivity index (χ1n) is 11.4. The van der Waals surface area contributed by atoms with Crippen molar-refractivity contribution in [1.82, 2.24) is 15.0 Å². The normalized spacial score (nSPS) is 13.2. The highest BCUT2D eigenvalue weighted by atomic mass is 35.5. The first-order chi connectivity index (χ1) is 16.3. The second-order valence-electron chi connectivity index (χ2n) is 9.51. The standard InChI is InChI=1S/C27H30ClN3OSSi/c1-19(23-16-20-17-29-26(33-5)31-24(20)25(28)30-23)18-32-34(27(2,3)4,21-12-8-6-9-13-21)22-14-10-7-11-15-22/h6-17,19H,18H2,1-5H3/t19-/m1/s1. The van der Waals surface area contributed by atoms with Gasteiger partial charge in [0, 0.05) is 29.8 Å². The van der Waals surface area contributed by atoms with Crippen LogP contribution in [0.15, 0.2) is 78.1 Å². The molecule has 0 saturated carbocycles. The van der Waals surface area contributed by atoms with Crippen LogP contribution in [0.3, 0.4) is 0 Å². The maximum Gasteiger partial charge on any atom is 0.261 e. The van der Waals surface area contributed by atoms with E-state index in [0.717, 1.165) is 11.1 Å². The summed E-state index contributed by atoms with van der Waals surface area (Å²) in [5, 5.41) is 4.44. The van der Waals surface area contributed by atoms with Crippen LogP contribution >= 0.6 is 23.4 Å². The Balaban J connectivity index is 1.72. The van der Waals surface area contributed by atoms with Crippen LogP contribution in [0.1, 0.15) is 39.3 Å². The van der Waals surface area contributed by atoms with E-state index in [9.17, 15) is 0 Å². The molecule has 0 fully saturated rings. The molecule has 34 heavy (non-hydrogen) atoms. The van der Waals surface area contributed by atoms with E-state index in [1.165, 1.54) is 22.1 Å². The highest BCUT2D eigenvalue weighted by Crippen LogP contribution is 2.37. The molecule has 0 aliphatic heterocycles. The van der Waals surface area contributed by atoms with Gasteiger partial charge in [-0.25, -0.2) is 15.0 Å². The van der Waals surface area contributed by atoms with Crippen molar-refractivity contribution in [3.63, 3.8) is 0 Å². The molecule has 1 atom stereocenters. The third-order valence-corrected chi connectivity index (χ3v) is 12.0.